The summed E-state index contributed by atoms with van der Waals surface area (Å²) in [5.74, 6) is -0.0328. The van der Waals surface area contributed by atoms with Crippen molar-refractivity contribution in [2.45, 2.75) is 13.3 Å². The van der Waals surface area contributed by atoms with Gasteiger partial charge in [-0.3, -0.25) is 4.79 Å². The van der Waals surface area contributed by atoms with Crippen LogP contribution >= 0.6 is 0 Å². The minimum atomic E-state index is -0.0328. The molecule has 0 saturated heterocycles. The van der Waals surface area contributed by atoms with Crippen LogP contribution in [0.2, 0.25) is 0 Å². The molecule has 0 unspecified atom stereocenters. The fourth-order valence-electron chi connectivity index (χ4n) is 1.06. The summed E-state index contributed by atoms with van der Waals surface area (Å²) in [7, 11) is 0. The highest BCUT2D eigenvalue weighted by Gasteiger charge is 2.07. The Hall–Kier alpha value is -1.82. The Bertz CT molecular complexity index is 377. The maximum atomic E-state index is 11.3. The number of carbonyl (C=O) groups is 1. The van der Waals surface area contributed by atoms with Crippen molar-refractivity contribution in [3.8, 4) is 6.07 Å². The first-order valence-electron chi connectivity index (χ1n) is 4.02. The molecule has 2 N–H and O–H groups in total. The molecular weight excluding hydrogens is 164 g/mol. The molecule has 0 saturated carbocycles. The van der Waals surface area contributed by atoms with E-state index in [-0.39, 0.29) is 5.78 Å². The Kier molecular flexibility index (Phi) is 2.65. The van der Waals surface area contributed by atoms with E-state index in [1.165, 1.54) is 6.07 Å². The number of rotatable bonds is 2. The zero-order valence-corrected chi connectivity index (χ0v) is 7.37. The molecule has 3 nitrogen and oxygen atoms in total. The van der Waals surface area contributed by atoms with E-state index >= 15 is 0 Å². The third-order valence-corrected chi connectivity index (χ3v) is 1.80. The topological polar surface area (TPSA) is 66.9 Å². The van der Waals surface area contributed by atoms with E-state index in [1.807, 2.05) is 6.07 Å². The van der Waals surface area contributed by atoms with Crippen LogP contribution in [0.3, 0.4) is 0 Å². The van der Waals surface area contributed by atoms with Gasteiger partial charge in [0, 0.05) is 17.7 Å². The van der Waals surface area contributed by atoms with Gasteiger partial charge in [0.2, 0.25) is 0 Å². The Morgan fingerprint density at radius 3 is 2.85 bits per heavy atom. The molecule has 0 amide bonds. The molecule has 0 aromatic heterocycles. The molecule has 3 heteroatoms. The Morgan fingerprint density at radius 2 is 2.31 bits per heavy atom. The maximum Gasteiger partial charge on any atom is 0.164 e. The SMILES string of the molecule is CCC(=O)c1cc(C#N)ccc1N. The van der Waals surface area contributed by atoms with Crippen molar-refractivity contribution in [1.82, 2.24) is 0 Å². The number of ketones is 1. The predicted molar refractivity (Wildman–Crippen MR) is 50.2 cm³/mol. The number of hydrogen-bond donors (Lipinski definition) is 1. The fourth-order valence-corrected chi connectivity index (χ4v) is 1.06. The molecule has 13 heavy (non-hydrogen) atoms. The van der Waals surface area contributed by atoms with E-state index in [0.717, 1.165) is 0 Å². The van der Waals surface area contributed by atoms with Crippen LogP contribution in [0.25, 0.3) is 0 Å². The van der Waals surface area contributed by atoms with Gasteiger partial charge in [0.15, 0.2) is 5.78 Å². The molecular formula is C10H10N2O. The number of nitrogens with two attached hydrogens (primary N) is 1. The van der Waals surface area contributed by atoms with Gasteiger partial charge in [-0.25, -0.2) is 0 Å². The van der Waals surface area contributed by atoms with Crippen molar-refractivity contribution in [2.24, 2.45) is 0 Å². The number of Topliss-reactive ketones (excluding diaryl/α,β-unsaturated/α-hetero) is 1. The first kappa shape index (κ1) is 9.27. The molecule has 0 spiro atoms. The van der Waals surface area contributed by atoms with Gasteiger partial charge in [0.25, 0.3) is 0 Å². The second-order valence-corrected chi connectivity index (χ2v) is 2.69. The molecule has 0 atom stereocenters. The number of anilines is 1. The van der Waals surface area contributed by atoms with Gasteiger partial charge < -0.3 is 5.73 Å². The normalized spacial score (nSPS) is 9.23. The summed E-state index contributed by atoms with van der Waals surface area (Å²) < 4.78 is 0. The van der Waals surface area contributed by atoms with Crippen molar-refractivity contribution in [3.63, 3.8) is 0 Å². The lowest BCUT2D eigenvalue weighted by Crippen LogP contribution is -2.02. The van der Waals surface area contributed by atoms with Crippen molar-refractivity contribution in [3.05, 3.63) is 29.3 Å². The first-order valence-corrected chi connectivity index (χ1v) is 4.02. The standard InChI is InChI=1S/C10H10N2O/c1-2-10(13)8-5-7(6-11)3-4-9(8)12/h3-5H,2,12H2,1H3. The van der Waals surface area contributed by atoms with Crippen LogP contribution in [0.1, 0.15) is 29.3 Å². The van der Waals surface area contributed by atoms with Gasteiger partial charge in [-0.15, -0.1) is 0 Å². The third-order valence-electron chi connectivity index (χ3n) is 1.80. The summed E-state index contributed by atoms with van der Waals surface area (Å²) in [5, 5.41) is 8.61. The number of nitrogens with zero attached hydrogens (tertiary/aromatic N) is 1. The third kappa shape index (κ3) is 1.85. The second-order valence-electron chi connectivity index (χ2n) is 2.69. The first-order chi connectivity index (χ1) is 6.19. The van der Waals surface area contributed by atoms with Crippen molar-refractivity contribution in [2.75, 3.05) is 5.73 Å². The van der Waals surface area contributed by atoms with Crippen LogP contribution in [0, 0.1) is 11.3 Å². The summed E-state index contributed by atoms with van der Waals surface area (Å²) in [4.78, 5) is 11.3. The van der Waals surface area contributed by atoms with Gasteiger partial charge in [0.1, 0.15) is 0 Å². The Labute approximate surface area is 76.8 Å². The summed E-state index contributed by atoms with van der Waals surface area (Å²) in [6, 6.07) is 6.68. The molecule has 1 aromatic carbocycles. The number of nitrogen functional groups attached to an aromatic ring is 1. The van der Waals surface area contributed by atoms with Gasteiger partial charge >= 0.3 is 0 Å². The van der Waals surface area contributed by atoms with Crippen LogP contribution in [0.5, 0.6) is 0 Å². The van der Waals surface area contributed by atoms with Gasteiger partial charge in [-0.2, -0.15) is 5.26 Å². The molecule has 0 aliphatic carbocycles. The molecule has 0 heterocycles. The predicted octanol–water partition coefficient (Wildman–Crippen LogP) is 1.73. The van der Waals surface area contributed by atoms with Gasteiger partial charge in [0.05, 0.1) is 11.6 Å². The summed E-state index contributed by atoms with van der Waals surface area (Å²) >= 11 is 0. The number of carbonyl (C=O) groups excluding carboxylic acids is 1. The van der Waals surface area contributed by atoms with E-state index in [0.29, 0.717) is 23.2 Å². The zero-order chi connectivity index (χ0) is 9.84. The van der Waals surface area contributed by atoms with Crippen LogP contribution in [0.15, 0.2) is 18.2 Å². The Balaban J connectivity index is 3.20. The van der Waals surface area contributed by atoms with E-state index < -0.39 is 0 Å². The van der Waals surface area contributed by atoms with Gasteiger partial charge in [-0.1, -0.05) is 6.92 Å². The average molecular weight is 174 g/mol. The van der Waals surface area contributed by atoms with Crippen molar-refractivity contribution in [1.29, 1.82) is 5.26 Å². The van der Waals surface area contributed by atoms with E-state index in [1.54, 1.807) is 19.1 Å². The molecule has 0 radical (unpaired) electrons. The summed E-state index contributed by atoms with van der Waals surface area (Å²) in [5.41, 5.74) is 6.94. The monoisotopic (exact) mass is 174 g/mol. The maximum absolute atomic E-state index is 11.3. The fraction of sp³-hybridized carbons (Fsp3) is 0.200. The highest BCUT2D eigenvalue weighted by molar-refractivity contribution is 6.00. The highest BCUT2D eigenvalue weighted by atomic mass is 16.1. The van der Waals surface area contributed by atoms with Crippen molar-refractivity contribution >= 4 is 11.5 Å². The van der Waals surface area contributed by atoms with E-state index in [2.05, 4.69) is 0 Å². The molecule has 0 bridgehead atoms. The minimum Gasteiger partial charge on any atom is -0.398 e. The van der Waals surface area contributed by atoms with Crippen LogP contribution in [-0.4, -0.2) is 5.78 Å². The number of nitriles is 1. The zero-order valence-electron chi connectivity index (χ0n) is 7.37. The van der Waals surface area contributed by atoms with E-state index in [4.69, 9.17) is 11.0 Å². The average Bonchev–Trinajstić information content (AvgIpc) is 2.17. The lowest BCUT2D eigenvalue weighted by molar-refractivity contribution is 0.0989. The van der Waals surface area contributed by atoms with Crippen LogP contribution < -0.4 is 5.73 Å². The van der Waals surface area contributed by atoms with Crippen molar-refractivity contribution < 1.29 is 4.79 Å². The molecule has 0 fully saturated rings. The molecule has 1 aromatic rings. The quantitative estimate of drug-likeness (QED) is 0.548. The lowest BCUT2D eigenvalue weighted by atomic mass is 10.0. The highest BCUT2D eigenvalue weighted by Crippen LogP contribution is 2.15. The minimum absolute atomic E-state index is 0.0328. The number of benzene rings is 1. The molecule has 1 rings (SSSR count). The second kappa shape index (κ2) is 3.72. The number of hydrogen-bond acceptors (Lipinski definition) is 3. The summed E-state index contributed by atoms with van der Waals surface area (Å²) in [6.07, 6.45) is 0.402. The van der Waals surface area contributed by atoms with E-state index in [9.17, 15) is 4.79 Å². The smallest absolute Gasteiger partial charge is 0.164 e. The molecule has 66 valence electrons. The molecule has 0 aliphatic heterocycles. The van der Waals surface area contributed by atoms with Crippen LogP contribution in [-0.2, 0) is 0 Å². The Morgan fingerprint density at radius 1 is 1.62 bits per heavy atom. The van der Waals surface area contributed by atoms with Crippen LogP contribution in [0.4, 0.5) is 5.69 Å². The molecule has 0 aliphatic rings. The summed E-state index contributed by atoms with van der Waals surface area (Å²) in [6.45, 7) is 1.76. The largest absolute Gasteiger partial charge is 0.398 e. The van der Waals surface area contributed by atoms with Gasteiger partial charge in [-0.05, 0) is 18.2 Å². The lowest BCUT2D eigenvalue weighted by Gasteiger charge is -2.02.